The van der Waals surface area contributed by atoms with E-state index in [1.165, 1.54) is 25.0 Å². The standard InChI is InChI=1S/C11H16N2O3/c1-15-9-7-10(14)13(12-11(9)16-2)8-5-3-4-6-8/h7-8H,3-6H2,1-2H3. The van der Waals surface area contributed by atoms with Crippen molar-refractivity contribution in [1.29, 1.82) is 0 Å². The van der Waals surface area contributed by atoms with Gasteiger partial charge in [-0.1, -0.05) is 12.8 Å². The van der Waals surface area contributed by atoms with Gasteiger partial charge in [-0.2, -0.15) is 0 Å². The Morgan fingerprint density at radius 2 is 2.00 bits per heavy atom. The molecule has 1 fully saturated rings. The molecule has 2 rings (SSSR count). The van der Waals surface area contributed by atoms with Crippen LogP contribution in [0.25, 0.3) is 0 Å². The molecule has 0 aliphatic heterocycles. The molecule has 0 bridgehead atoms. The van der Waals surface area contributed by atoms with Crippen molar-refractivity contribution in [2.24, 2.45) is 0 Å². The highest BCUT2D eigenvalue weighted by Gasteiger charge is 2.21. The Kier molecular flexibility index (Phi) is 3.12. The van der Waals surface area contributed by atoms with Gasteiger partial charge < -0.3 is 9.47 Å². The molecule has 1 saturated carbocycles. The van der Waals surface area contributed by atoms with Gasteiger partial charge in [-0.25, -0.2) is 4.68 Å². The lowest BCUT2D eigenvalue weighted by atomic mass is 10.2. The number of hydrogen-bond acceptors (Lipinski definition) is 4. The molecule has 1 aromatic rings. The van der Waals surface area contributed by atoms with E-state index in [9.17, 15) is 4.79 Å². The maximum Gasteiger partial charge on any atom is 0.274 e. The Morgan fingerprint density at radius 1 is 1.31 bits per heavy atom. The largest absolute Gasteiger partial charge is 0.491 e. The molecule has 1 aliphatic carbocycles. The molecule has 0 radical (unpaired) electrons. The molecule has 5 heteroatoms. The summed E-state index contributed by atoms with van der Waals surface area (Å²) in [5, 5.41) is 4.20. The van der Waals surface area contributed by atoms with Crippen molar-refractivity contribution in [1.82, 2.24) is 9.78 Å². The summed E-state index contributed by atoms with van der Waals surface area (Å²) >= 11 is 0. The molecule has 0 saturated heterocycles. The topological polar surface area (TPSA) is 53.4 Å². The number of aromatic nitrogens is 2. The molecule has 1 heterocycles. The summed E-state index contributed by atoms with van der Waals surface area (Å²) in [7, 11) is 3.02. The highest BCUT2D eigenvalue weighted by atomic mass is 16.5. The second kappa shape index (κ2) is 4.55. The van der Waals surface area contributed by atoms with Crippen LogP contribution in [-0.4, -0.2) is 24.0 Å². The van der Waals surface area contributed by atoms with Crippen molar-refractivity contribution < 1.29 is 9.47 Å². The first-order valence-electron chi connectivity index (χ1n) is 5.48. The predicted octanol–water partition coefficient (Wildman–Crippen LogP) is 1.38. The molecular weight excluding hydrogens is 208 g/mol. The first-order valence-corrected chi connectivity index (χ1v) is 5.48. The van der Waals surface area contributed by atoms with Crippen LogP contribution in [0.1, 0.15) is 31.7 Å². The number of nitrogens with zero attached hydrogens (tertiary/aromatic N) is 2. The first kappa shape index (κ1) is 11.0. The van der Waals surface area contributed by atoms with Crippen molar-refractivity contribution >= 4 is 0 Å². The van der Waals surface area contributed by atoms with E-state index in [1.807, 2.05) is 0 Å². The van der Waals surface area contributed by atoms with E-state index < -0.39 is 0 Å². The summed E-state index contributed by atoms with van der Waals surface area (Å²) in [5.74, 6) is 0.760. The highest BCUT2D eigenvalue weighted by molar-refractivity contribution is 5.30. The van der Waals surface area contributed by atoms with E-state index in [-0.39, 0.29) is 11.6 Å². The lowest BCUT2D eigenvalue weighted by molar-refractivity contribution is 0.316. The van der Waals surface area contributed by atoms with Gasteiger partial charge in [0.1, 0.15) is 0 Å². The van der Waals surface area contributed by atoms with Crippen LogP contribution in [0.2, 0.25) is 0 Å². The zero-order chi connectivity index (χ0) is 11.5. The Morgan fingerprint density at radius 3 is 2.56 bits per heavy atom. The van der Waals surface area contributed by atoms with Crippen LogP contribution < -0.4 is 15.0 Å². The van der Waals surface area contributed by atoms with E-state index in [4.69, 9.17) is 9.47 Å². The van der Waals surface area contributed by atoms with E-state index in [0.29, 0.717) is 11.6 Å². The fourth-order valence-electron chi connectivity index (χ4n) is 2.13. The molecule has 0 N–H and O–H groups in total. The smallest absolute Gasteiger partial charge is 0.274 e. The normalized spacial score (nSPS) is 16.4. The molecule has 1 aromatic heterocycles. The van der Waals surface area contributed by atoms with Gasteiger partial charge in [0.25, 0.3) is 11.4 Å². The predicted molar refractivity (Wildman–Crippen MR) is 59.1 cm³/mol. The second-order valence-corrected chi connectivity index (χ2v) is 3.94. The number of methoxy groups -OCH3 is 2. The molecule has 0 aromatic carbocycles. The minimum absolute atomic E-state index is 0.121. The van der Waals surface area contributed by atoms with E-state index in [1.54, 1.807) is 0 Å². The Balaban J connectivity index is 2.41. The number of rotatable bonds is 3. The second-order valence-electron chi connectivity index (χ2n) is 3.94. The fraction of sp³-hybridized carbons (Fsp3) is 0.636. The van der Waals surface area contributed by atoms with Crippen LogP contribution in [0.15, 0.2) is 10.9 Å². The molecule has 16 heavy (non-hydrogen) atoms. The van der Waals surface area contributed by atoms with Crippen molar-refractivity contribution in [3.63, 3.8) is 0 Å². The van der Waals surface area contributed by atoms with E-state index >= 15 is 0 Å². The van der Waals surface area contributed by atoms with Crippen LogP contribution in [-0.2, 0) is 0 Å². The van der Waals surface area contributed by atoms with Crippen molar-refractivity contribution in [2.45, 2.75) is 31.7 Å². The zero-order valence-corrected chi connectivity index (χ0v) is 9.60. The number of ether oxygens (including phenoxy) is 2. The summed E-state index contributed by atoms with van der Waals surface area (Å²) in [6.45, 7) is 0. The average molecular weight is 224 g/mol. The molecule has 5 nitrogen and oxygen atoms in total. The summed E-state index contributed by atoms with van der Waals surface area (Å²) in [6, 6.07) is 1.65. The maximum absolute atomic E-state index is 11.8. The van der Waals surface area contributed by atoms with Crippen LogP contribution in [0.3, 0.4) is 0 Å². The number of hydrogen-bond donors (Lipinski definition) is 0. The average Bonchev–Trinajstić information content (AvgIpc) is 2.82. The van der Waals surface area contributed by atoms with Crippen LogP contribution in [0.4, 0.5) is 0 Å². The fourth-order valence-corrected chi connectivity index (χ4v) is 2.13. The summed E-state index contributed by atoms with van der Waals surface area (Å²) in [4.78, 5) is 11.8. The molecule has 0 amide bonds. The van der Waals surface area contributed by atoms with Gasteiger partial charge in [-0.3, -0.25) is 4.79 Å². The monoisotopic (exact) mass is 224 g/mol. The summed E-state index contributed by atoms with van der Waals surface area (Å²) in [6.07, 6.45) is 4.35. The van der Waals surface area contributed by atoms with Crippen LogP contribution in [0, 0.1) is 0 Å². The quantitative estimate of drug-likeness (QED) is 0.778. The van der Waals surface area contributed by atoms with Gasteiger partial charge >= 0.3 is 0 Å². The van der Waals surface area contributed by atoms with Gasteiger partial charge in [0.05, 0.1) is 26.3 Å². The lowest BCUT2D eigenvalue weighted by Gasteiger charge is -2.14. The molecule has 88 valence electrons. The Hall–Kier alpha value is -1.52. The molecular formula is C11H16N2O3. The van der Waals surface area contributed by atoms with Gasteiger partial charge in [-0.05, 0) is 12.8 Å². The first-order chi connectivity index (χ1) is 7.76. The van der Waals surface area contributed by atoms with E-state index in [2.05, 4.69) is 5.10 Å². The summed E-state index contributed by atoms with van der Waals surface area (Å²) in [5.41, 5.74) is -0.121. The molecule has 1 aliphatic rings. The Bertz CT molecular complexity index is 422. The van der Waals surface area contributed by atoms with Crippen LogP contribution in [0.5, 0.6) is 11.6 Å². The molecule has 0 spiro atoms. The SMILES string of the molecule is COc1cc(=O)n(C2CCCC2)nc1OC. The Labute approximate surface area is 94.0 Å². The summed E-state index contributed by atoms with van der Waals surface area (Å²) < 4.78 is 11.7. The van der Waals surface area contributed by atoms with E-state index in [0.717, 1.165) is 25.7 Å². The lowest BCUT2D eigenvalue weighted by Crippen LogP contribution is -2.26. The third kappa shape index (κ3) is 1.89. The zero-order valence-electron chi connectivity index (χ0n) is 9.60. The third-order valence-electron chi connectivity index (χ3n) is 2.97. The van der Waals surface area contributed by atoms with Gasteiger partial charge in [-0.15, -0.1) is 5.10 Å². The minimum atomic E-state index is -0.121. The van der Waals surface area contributed by atoms with Gasteiger partial charge in [0.15, 0.2) is 5.75 Å². The van der Waals surface area contributed by atoms with Crippen molar-refractivity contribution in [3.05, 3.63) is 16.4 Å². The van der Waals surface area contributed by atoms with Gasteiger partial charge in [0, 0.05) is 0 Å². The molecule has 0 atom stereocenters. The van der Waals surface area contributed by atoms with Gasteiger partial charge in [0.2, 0.25) is 0 Å². The van der Waals surface area contributed by atoms with Crippen molar-refractivity contribution in [2.75, 3.05) is 14.2 Å². The van der Waals surface area contributed by atoms with Crippen molar-refractivity contribution in [3.8, 4) is 11.6 Å². The maximum atomic E-state index is 11.8. The third-order valence-corrected chi connectivity index (χ3v) is 2.97. The minimum Gasteiger partial charge on any atom is -0.491 e. The van der Waals surface area contributed by atoms with Crippen LogP contribution >= 0.6 is 0 Å². The molecule has 0 unspecified atom stereocenters. The highest BCUT2D eigenvalue weighted by Crippen LogP contribution is 2.29.